The number of carbonyl (C=O) groups excluding carboxylic acids is 1. The number of hydrogen-bond acceptors (Lipinski definition) is 3. The normalized spacial score (nSPS) is 11.0. The van der Waals surface area contributed by atoms with Crippen LogP contribution in [0.4, 0.5) is 4.79 Å². The van der Waals surface area contributed by atoms with Crippen molar-refractivity contribution >= 4 is 27.7 Å². The molecule has 0 radical (unpaired) electrons. The van der Waals surface area contributed by atoms with Crippen LogP contribution in [-0.4, -0.2) is 23.7 Å². The quantitative estimate of drug-likeness (QED) is 0.525. The summed E-state index contributed by atoms with van der Waals surface area (Å²) in [5.41, 5.74) is 4.03. The molecule has 4 nitrogen and oxygen atoms in total. The maximum atomic E-state index is 11.0. The predicted molar refractivity (Wildman–Crippen MR) is 66.9 cm³/mol. The van der Waals surface area contributed by atoms with Gasteiger partial charge in [-0.2, -0.15) is 5.10 Å². The first-order chi connectivity index (χ1) is 7.77. The number of carbonyl (C=O) groups is 1. The molecule has 1 aromatic carbocycles. The number of nitrogens with zero attached hydrogens (tertiary/aromatic N) is 1. The highest BCUT2D eigenvalue weighted by molar-refractivity contribution is 9.09. The van der Waals surface area contributed by atoms with Crippen LogP contribution in [0.3, 0.4) is 0 Å². The van der Waals surface area contributed by atoms with Gasteiger partial charge in [0.2, 0.25) is 0 Å². The van der Waals surface area contributed by atoms with Crippen LogP contribution in [-0.2, 0) is 4.74 Å². The number of nitrogens with one attached hydrogen (secondary N) is 1. The van der Waals surface area contributed by atoms with E-state index < -0.39 is 6.09 Å². The summed E-state index contributed by atoms with van der Waals surface area (Å²) in [6.07, 6.45) is -0.545. The van der Waals surface area contributed by atoms with Crippen LogP contribution in [0.25, 0.3) is 0 Å². The fourth-order valence-corrected chi connectivity index (χ4v) is 1.53. The van der Waals surface area contributed by atoms with Gasteiger partial charge in [0.1, 0.15) is 0 Å². The minimum Gasteiger partial charge on any atom is -0.449 e. The van der Waals surface area contributed by atoms with E-state index in [9.17, 15) is 4.79 Å². The van der Waals surface area contributed by atoms with Crippen LogP contribution < -0.4 is 5.43 Å². The molecule has 0 bridgehead atoms. The Morgan fingerprint density at radius 2 is 2.12 bits per heavy atom. The first-order valence-electron chi connectivity index (χ1n) is 4.88. The molecule has 0 saturated carbocycles. The van der Waals surface area contributed by atoms with Crippen LogP contribution in [0.5, 0.6) is 0 Å². The molecule has 1 rings (SSSR count). The summed E-state index contributed by atoms with van der Waals surface area (Å²) >= 11 is 3.32. The van der Waals surface area contributed by atoms with E-state index >= 15 is 0 Å². The summed E-state index contributed by atoms with van der Waals surface area (Å²) in [5.74, 6) is 0. The van der Waals surface area contributed by atoms with Gasteiger partial charge in [-0.1, -0.05) is 46.3 Å². The Hall–Kier alpha value is -1.36. The molecule has 5 heteroatoms. The van der Waals surface area contributed by atoms with Gasteiger partial charge in [0, 0.05) is 5.33 Å². The molecule has 0 spiro atoms. The second kappa shape index (κ2) is 7.00. The van der Waals surface area contributed by atoms with Crippen molar-refractivity contribution in [2.75, 3.05) is 11.9 Å². The Balaban J connectivity index is 2.68. The third kappa shape index (κ3) is 4.02. The van der Waals surface area contributed by atoms with Gasteiger partial charge in [-0.3, -0.25) is 0 Å². The average molecular weight is 285 g/mol. The van der Waals surface area contributed by atoms with Crippen molar-refractivity contribution in [3.63, 3.8) is 0 Å². The maximum Gasteiger partial charge on any atom is 0.427 e. The highest BCUT2D eigenvalue weighted by Crippen LogP contribution is 2.03. The first-order valence-corrected chi connectivity index (χ1v) is 6.00. The molecular weight excluding hydrogens is 272 g/mol. The van der Waals surface area contributed by atoms with Gasteiger partial charge in [0.05, 0.1) is 12.3 Å². The van der Waals surface area contributed by atoms with Crippen molar-refractivity contribution < 1.29 is 9.53 Å². The van der Waals surface area contributed by atoms with Gasteiger partial charge in [0.25, 0.3) is 0 Å². The SMILES string of the molecule is CCOC(=O)N/N=C(\CBr)c1ccccc1. The molecule has 86 valence electrons. The zero-order valence-corrected chi connectivity index (χ0v) is 10.5. The Labute approximate surface area is 103 Å². The molecule has 0 aliphatic heterocycles. The van der Waals surface area contributed by atoms with Crippen molar-refractivity contribution in [3.05, 3.63) is 35.9 Å². The second-order valence-corrected chi connectivity index (χ2v) is 3.45. The van der Waals surface area contributed by atoms with Gasteiger partial charge in [-0.25, -0.2) is 10.2 Å². The topological polar surface area (TPSA) is 50.7 Å². The van der Waals surface area contributed by atoms with Crippen LogP contribution in [0, 0.1) is 0 Å². The molecule has 0 fully saturated rings. The van der Waals surface area contributed by atoms with Crippen LogP contribution in [0.15, 0.2) is 35.4 Å². The molecule has 16 heavy (non-hydrogen) atoms. The molecule has 0 heterocycles. The lowest BCUT2D eigenvalue weighted by Crippen LogP contribution is -2.21. The summed E-state index contributed by atoms with van der Waals surface area (Å²) in [4.78, 5) is 11.0. The highest BCUT2D eigenvalue weighted by Gasteiger charge is 2.03. The van der Waals surface area contributed by atoms with Gasteiger partial charge < -0.3 is 4.74 Å². The standard InChI is InChI=1S/C11H13BrN2O2/c1-2-16-11(15)14-13-10(8-12)9-6-4-3-5-7-9/h3-7H,2,8H2,1H3,(H,14,15)/b13-10+. The summed E-state index contributed by atoms with van der Waals surface area (Å²) < 4.78 is 4.70. The molecule has 1 amide bonds. The number of alkyl halides is 1. The van der Waals surface area contributed by atoms with Crippen molar-refractivity contribution in [2.24, 2.45) is 5.10 Å². The summed E-state index contributed by atoms with van der Waals surface area (Å²) in [5, 5.41) is 4.54. The lowest BCUT2D eigenvalue weighted by atomic mass is 10.1. The van der Waals surface area contributed by atoms with E-state index in [2.05, 4.69) is 26.5 Å². The molecule has 1 N–H and O–H groups in total. The lowest BCUT2D eigenvalue weighted by molar-refractivity contribution is 0.152. The van der Waals surface area contributed by atoms with Crippen LogP contribution in [0.1, 0.15) is 12.5 Å². The van der Waals surface area contributed by atoms with Gasteiger partial charge in [-0.05, 0) is 12.5 Å². The average Bonchev–Trinajstić information content (AvgIpc) is 2.31. The molecule has 0 aliphatic rings. The van der Waals surface area contributed by atoms with Crippen molar-refractivity contribution in [2.45, 2.75) is 6.92 Å². The summed E-state index contributed by atoms with van der Waals surface area (Å²) in [6, 6.07) is 9.60. The molecule has 0 aliphatic carbocycles. The van der Waals surface area contributed by atoms with Crippen LogP contribution in [0.2, 0.25) is 0 Å². The van der Waals surface area contributed by atoms with Crippen molar-refractivity contribution in [1.82, 2.24) is 5.43 Å². The lowest BCUT2D eigenvalue weighted by Gasteiger charge is -2.04. The van der Waals surface area contributed by atoms with E-state index in [0.29, 0.717) is 11.9 Å². The molecule has 0 unspecified atom stereocenters. The fraction of sp³-hybridized carbons (Fsp3) is 0.273. The molecule has 0 saturated heterocycles. The van der Waals surface area contributed by atoms with Gasteiger partial charge in [-0.15, -0.1) is 0 Å². The zero-order chi connectivity index (χ0) is 11.8. The highest BCUT2D eigenvalue weighted by atomic mass is 79.9. The minimum atomic E-state index is -0.545. The minimum absolute atomic E-state index is 0.330. The Kier molecular flexibility index (Phi) is 5.56. The molecule has 0 aromatic heterocycles. The molecule has 1 aromatic rings. The monoisotopic (exact) mass is 284 g/mol. The van der Waals surface area contributed by atoms with E-state index in [-0.39, 0.29) is 0 Å². The van der Waals surface area contributed by atoms with E-state index in [1.54, 1.807) is 6.92 Å². The van der Waals surface area contributed by atoms with E-state index in [4.69, 9.17) is 4.74 Å². The van der Waals surface area contributed by atoms with Crippen molar-refractivity contribution in [1.29, 1.82) is 0 Å². The zero-order valence-electron chi connectivity index (χ0n) is 8.94. The number of rotatable bonds is 4. The summed E-state index contributed by atoms with van der Waals surface area (Å²) in [7, 11) is 0. The molecule has 0 atom stereocenters. The van der Waals surface area contributed by atoms with E-state index in [1.165, 1.54) is 0 Å². The fourth-order valence-electron chi connectivity index (χ4n) is 1.08. The first kappa shape index (κ1) is 12.7. The Bertz CT molecular complexity index is 366. The number of amides is 1. The second-order valence-electron chi connectivity index (χ2n) is 2.89. The maximum absolute atomic E-state index is 11.0. The third-order valence-corrected chi connectivity index (χ3v) is 2.32. The number of ether oxygens (including phenoxy) is 1. The van der Waals surface area contributed by atoms with E-state index in [1.807, 2.05) is 30.3 Å². The third-order valence-electron chi connectivity index (χ3n) is 1.79. The number of benzene rings is 1. The number of hydrogen-bond donors (Lipinski definition) is 1. The van der Waals surface area contributed by atoms with Gasteiger partial charge >= 0.3 is 6.09 Å². The Morgan fingerprint density at radius 3 is 2.69 bits per heavy atom. The summed E-state index contributed by atoms with van der Waals surface area (Å²) in [6.45, 7) is 2.07. The Morgan fingerprint density at radius 1 is 1.44 bits per heavy atom. The smallest absolute Gasteiger partial charge is 0.427 e. The van der Waals surface area contributed by atoms with E-state index in [0.717, 1.165) is 11.3 Å². The number of hydrazone groups is 1. The van der Waals surface area contributed by atoms with Gasteiger partial charge in [0.15, 0.2) is 0 Å². The predicted octanol–water partition coefficient (Wildman–Crippen LogP) is 2.53. The van der Waals surface area contributed by atoms with Crippen LogP contribution >= 0.6 is 15.9 Å². The van der Waals surface area contributed by atoms with Crippen molar-refractivity contribution in [3.8, 4) is 0 Å². The largest absolute Gasteiger partial charge is 0.449 e. The molecular formula is C11H13BrN2O2. The number of halogens is 1.